The standard InChI is InChI=1S/C20H21Cl2NO2/c21-15-10-11-19(17(22)13-15)25-12-4-9-20(24)23-18-8-3-6-14-5-1-2-7-16(14)18/h1-2,5,7,10-11,13,18H,3-4,6,8-9,12H2,(H,23,24)/t18-/m0/s1. The van der Waals surface area contributed by atoms with E-state index in [1.54, 1.807) is 18.2 Å². The van der Waals surface area contributed by atoms with Gasteiger partial charge in [-0.2, -0.15) is 0 Å². The lowest BCUT2D eigenvalue weighted by Crippen LogP contribution is -2.31. The Morgan fingerprint density at radius 1 is 1.20 bits per heavy atom. The van der Waals surface area contributed by atoms with Gasteiger partial charge in [0.2, 0.25) is 5.91 Å². The molecule has 0 radical (unpaired) electrons. The molecule has 3 rings (SSSR count). The second-order valence-electron chi connectivity index (χ2n) is 6.24. The maximum Gasteiger partial charge on any atom is 0.220 e. The van der Waals surface area contributed by atoms with Crippen LogP contribution in [0.25, 0.3) is 0 Å². The van der Waals surface area contributed by atoms with Crippen molar-refractivity contribution >= 4 is 29.1 Å². The fraction of sp³-hybridized carbons (Fsp3) is 0.350. The third kappa shape index (κ3) is 4.90. The zero-order valence-electron chi connectivity index (χ0n) is 13.9. The van der Waals surface area contributed by atoms with Crippen LogP contribution in [0.1, 0.15) is 42.9 Å². The summed E-state index contributed by atoms with van der Waals surface area (Å²) in [6, 6.07) is 13.6. The normalized spacial score (nSPS) is 16.2. The molecule has 2 aromatic rings. The van der Waals surface area contributed by atoms with E-state index in [-0.39, 0.29) is 11.9 Å². The SMILES string of the molecule is O=C(CCCOc1ccc(Cl)cc1Cl)N[C@H]1CCCc2ccccc21. The van der Waals surface area contributed by atoms with Crippen molar-refractivity contribution in [3.8, 4) is 5.75 Å². The molecular formula is C20H21Cl2NO2. The van der Waals surface area contributed by atoms with Crippen LogP contribution in [-0.2, 0) is 11.2 Å². The van der Waals surface area contributed by atoms with Gasteiger partial charge in [0.15, 0.2) is 0 Å². The molecular weight excluding hydrogens is 357 g/mol. The molecule has 3 nitrogen and oxygen atoms in total. The minimum atomic E-state index is 0.0625. The van der Waals surface area contributed by atoms with Crippen LogP contribution in [0.3, 0.4) is 0 Å². The van der Waals surface area contributed by atoms with Crippen LogP contribution in [0.15, 0.2) is 42.5 Å². The van der Waals surface area contributed by atoms with E-state index < -0.39 is 0 Å². The number of hydrogen-bond acceptors (Lipinski definition) is 2. The number of amides is 1. The number of halogens is 2. The molecule has 1 aliphatic rings. The zero-order valence-corrected chi connectivity index (χ0v) is 15.4. The number of nitrogens with one attached hydrogen (secondary N) is 1. The highest BCUT2D eigenvalue weighted by Crippen LogP contribution is 2.30. The Morgan fingerprint density at radius 3 is 2.88 bits per heavy atom. The van der Waals surface area contributed by atoms with E-state index in [1.165, 1.54) is 11.1 Å². The van der Waals surface area contributed by atoms with Crippen molar-refractivity contribution in [3.63, 3.8) is 0 Å². The van der Waals surface area contributed by atoms with Crippen LogP contribution in [-0.4, -0.2) is 12.5 Å². The molecule has 0 spiro atoms. The van der Waals surface area contributed by atoms with Gasteiger partial charge in [-0.15, -0.1) is 0 Å². The summed E-state index contributed by atoms with van der Waals surface area (Å²) in [4.78, 5) is 12.2. The molecule has 2 aromatic carbocycles. The Labute approximate surface area is 158 Å². The summed E-state index contributed by atoms with van der Waals surface area (Å²) in [5.74, 6) is 0.653. The number of ether oxygens (including phenoxy) is 1. The van der Waals surface area contributed by atoms with E-state index in [1.807, 2.05) is 6.07 Å². The first-order valence-electron chi connectivity index (χ1n) is 8.58. The van der Waals surface area contributed by atoms with Gasteiger partial charge >= 0.3 is 0 Å². The molecule has 0 saturated heterocycles. The predicted octanol–water partition coefficient (Wildman–Crippen LogP) is 5.35. The summed E-state index contributed by atoms with van der Waals surface area (Å²) in [5, 5.41) is 4.21. The lowest BCUT2D eigenvalue weighted by molar-refractivity contribution is -0.122. The Kier molecular flexibility index (Phi) is 6.22. The maximum absolute atomic E-state index is 12.2. The third-order valence-corrected chi connectivity index (χ3v) is 4.93. The van der Waals surface area contributed by atoms with Crippen molar-refractivity contribution in [1.29, 1.82) is 0 Å². The fourth-order valence-electron chi connectivity index (χ4n) is 3.18. The van der Waals surface area contributed by atoms with E-state index in [0.717, 1.165) is 19.3 Å². The smallest absolute Gasteiger partial charge is 0.220 e. The molecule has 0 aliphatic heterocycles. The summed E-state index contributed by atoms with van der Waals surface area (Å²) in [6.07, 6.45) is 4.28. The number of rotatable bonds is 6. The summed E-state index contributed by atoms with van der Waals surface area (Å²) >= 11 is 11.9. The lowest BCUT2D eigenvalue weighted by atomic mass is 9.87. The average Bonchev–Trinajstić information content (AvgIpc) is 2.60. The molecule has 1 amide bonds. The molecule has 1 N–H and O–H groups in total. The van der Waals surface area contributed by atoms with Gasteiger partial charge in [0.1, 0.15) is 5.75 Å². The number of carbonyl (C=O) groups excluding carboxylic acids is 1. The monoisotopic (exact) mass is 377 g/mol. The van der Waals surface area contributed by atoms with Gasteiger partial charge in [0, 0.05) is 11.4 Å². The van der Waals surface area contributed by atoms with E-state index >= 15 is 0 Å². The van der Waals surface area contributed by atoms with Gasteiger partial charge in [0.25, 0.3) is 0 Å². The van der Waals surface area contributed by atoms with Gasteiger partial charge in [-0.25, -0.2) is 0 Å². The molecule has 0 aromatic heterocycles. The van der Waals surface area contributed by atoms with E-state index in [4.69, 9.17) is 27.9 Å². The van der Waals surface area contributed by atoms with Crippen molar-refractivity contribution in [2.45, 2.75) is 38.1 Å². The van der Waals surface area contributed by atoms with E-state index in [9.17, 15) is 4.79 Å². The van der Waals surface area contributed by atoms with Crippen LogP contribution in [0, 0.1) is 0 Å². The number of carbonyl (C=O) groups is 1. The fourth-order valence-corrected chi connectivity index (χ4v) is 3.64. The topological polar surface area (TPSA) is 38.3 Å². The van der Waals surface area contributed by atoms with Crippen molar-refractivity contribution in [2.24, 2.45) is 0 Å². The summed E-state index contributed by atoms with van der Waals surface area (Å²) in [7, 11) is 0. The second-order valence-corrected chi connectivity index (χ2v) is 7.08. The Bertz CT molecular complexity index is 748. The molecule has 5 heteroatoms. The largest absolute Gasteiger partial charge is 0.492 e. The Morgan fingerprint density at radius 2 is 2.04 bits per heavy atom. The van der Waals surface area contributed by atoms with Gasteiger partial charge in [-0.05, 0) is 55.0 Å². The molecule has 0 bridgehead atoms. The Hall–Kier alpha value is -1.71. The van der Waals surface area contributed by atoms with Crippen LogP contribution < -0.4 is 10.1 Å². The van der Waals surface area contributed by atoms with Gasteiger partial charge in [-0.1, -0.05) is 47.5 Å². The third-order valence-electron chi connectivity index (χ3n) is 4.40. The first kappa shape index (κ1) is 18.1. The molecule has 0 fully saturated rings. The highest BCUT2D eigenvalue weighted by atomic mass is 35.5. The molecule has 1 aliphatic carbocycles. The minimum absolute atomic E-state index is 0.0625. The van der Waals surface area contributed by atoms with Crippen molar-refractivity contribution in [3.05, 3.63) is 63.6 Å². The van der Waals surface area contributed by atoms with Crippen molar-refractivity contribution in [2.75, 3.05) is 6.61 Å². The quantitative estimate of drug-likeness (QED) is 0.689. The highest BCUT2D eigenvalue weighted by molar-refractivity contribution is 6.35. The second kappa shape index (κ2) is 8.59. The number of fused-ring (bicyclic) bond motifs is 1. The first-order valence-corrected chi connectivity index (χ1v) is 9.34. The van der Waals surface area contributed by atoms with Crippen LogP contribution in [0.4, 0.5) is 0 Å². The van der Waals surface area contributed by atoms with Crippen LogP contribution in [0.5, 0.6) is 5.75 Å². The van der Waals surface area contributed by atoms with Crippen molar-refractivity contribution in [1.82, 2.24) is 5.32 Å². The van der Waals surface area contributed by atoms with Gasteiger partial charge in [-0.3, -0.25) is 4.79 Å². The van der Waals surface area contributed by atoms with Gasteiger partial charge in [0.05, 0.1) is 17.7 Å². The molecule has 0 unspecified atom stereocenters. The van der Waals surface area contributed by atoms with Crippen LogP contribution in [0.2, 0.25) is 10.0 Å². The zero-order chi connectivity index (χ0) is 17.6. The lowest BCUT2D eigenvalue weighted by Gasteiger charge is -2.26. The predicted molar refractivity (Wildman–Crippen MR) is 101 cm³/mol. The Balaban J connectivity index is 1.44. The number of aryl methyl sites for hydroxylation is 1. The number of hydrogen-bond donors (Lipinski definition) is 1. The van der Waals surface area contributed by atoms with E-state index in [2.05, 4.69) is 23.5 Å². The summed E-state index contributed by atoms with van der Waals surface area (Å²) in [5.41, 5.74) is 2.60. The molecule has 0 saturated carbocycles. The first-order chi connectivity index (χ1) is 12.1. The molecule has 25 heavy (non-hydrogen) atoms. The summed E-state index contributed by atoms with van der Waals surface area (Å²) in [6.45, 7) is 0.441. The highest BCUT2D eigenvalue weighted by Gasteiger charge is 2.21. The van der Waals surface area contributed by atoms with Gasteiger partial charge < -0.3 is 10.1 Å². The summed E-state index contributed by atoms with van der Waals surface area (Å²) < 4.78 is 5.62. The van der Waals surface area contributed by atoms with Crippen LogP contribution >= 0.6 is 23.2 Å². The molecule has 0 heterocycles. The molecule has 1 atom stereocenters. The molecule has 132 valence electrons. The average molecular weight is 378 g/mol. The van der Waals surface area contributed by atoms with Crippen molar-refractivity contribution < 1.29 is 9.53 Å². The van der Waals surface area contributed by atoms with E-state index in [0.29, 0.717) is 35.2 Å². The maximum atomic E-state index is 12.2. The minimum Gasteiger partial charge on any atom is -0.492 e. The number of benzene rings is 2.